The van der Waals surface area contributed by atoms with Gasteiger partial charge < -0.3 is 4.74 Å². The van der Waals surface area contributed by atoms with Gasteiger partial charge in [0.2, 0.25) is 0 Å². The van der Waals surface area contributed by atoms with E-state index in [1.165, 1.54) is 18.2 Å². The molecule has 0 atom stereocenters. The molecule has 5 heteroatoms. The van der Waals surface area contributed by atoms with Gasteiger partial charge in [0.05, 0.1) is 11.6 Å². The summed E-state index contributed by atoms with van der Waals surface area (Å²) < 4.78 is 19.3. The molecule has 2 aromatic carbocycles. The molecule has 0 unspecified atom stereocenters. The maximum absolute atomic E-state index is 13.6. The fourth-order valence-corrected chi connectivity index (χ4v) is 2.69. The van der Waals surface area contributed by atoms with Crippen molar-refractivity contribution in [3.63, 3.8) is 0 Å². The molecule has 20 heavy (non-hydrogen) atoms. The Morgan fingerprint density at radius 2 is 2.10 bits per heavy atom. The first-order valence-electron chi connectivity index (χ1n) is 5.80. The van der Waals surface area contributed by atoms with E-state index in [0.29, 0.717) is 27.2 Å². The van der Waals surface area contributed by atoms with Gasteiger partial charge >= 0.3 is 0 Å². The number of hydrogen-bond donors (Lipinski definition) is 0. The molecule has 0 N–H and O–H groups in total. The summed E-state index contributed by atoms with van der Waals surface area (Å²) >= 11 is 9.40. The third kappa shape index (κ3) is 3.30. The van der Waals surface area contributed by atoms with Crippen LogP contribution in [0.2, 0.25) is 5.02 Å². The summed E-state index contributed by atoms with van der Waals surface area (Å²) in [5, 5.41) is 9.95. The van der Waals surface area contributed by atoms with Gasteiger partial charge in [0.25, 0.3) is 0 Å². The van der Waals surface area contributed by atoms with Gasteiger partial charge in [-0.3, -0.25) is 0 Å². The molecule has 2 nitrogen and oxygen atoms in total. The lowest BCUT2D eigenvalue weighted by Crippen LogP contribution is -2.01. The maximum atomic E-state index is 13.6. The summed E-state index contributed by atoms with van der Waals surface area (Å²) in [6.45, 7) is 0.0433. The SMILES string of the molecule is N#Cc1ccc(F)c(COc2cccc(Cl)c2CBr)c1. The van der Waals surface area contributed by atoms with Crippen LogP contribution in [-0.2, 0) is 11.9 Å². The predicted octanol–water partition coefficient (Wildman–Crippen LogP) is 4.82. The molecule has 0 aliphatic rings. The fourth-order valence-electron chi connectivity index (χ4n) is 1.71. The Kier molecular flexibility index (Phi) is 4.99. The second-order valence-electron chi connectivity index (χ2n) is 4.06. The Hall–Kier alpha value is -1.57. The first-order valence-corrected chi connectivity index (χ1v) is 7.30. The van der Waals surface area contributed by atoms with E-state index >= 15 is 0 Å². The molecular weight excluding hydrogens is 345 g/mol. The first kappa shape index (κ1) is 14.8. The van der Waals surface area contributed by atoms with Crippen molar-refractivity contribution in [3.8, 4) is 11.8 Å². The van der Waals surface area contributed by atoms with Crippen molar-refractivity contribution < 1.29 is 9.13 Å². The summed E-state index contributed by atoms with van der Waals surface area (Å²) in [5.74, 6) is 0.197. The van der Waals surface area contributed by atoms with Gasteiger partial charge in [0.1, 0.15) is 18.2 Å². The molecule has 0 radical (unpaired) electrons. The highest BCUT2D eigenvalue weighted by atomic mass is 79.9. The molecule has 0 aliphatic heterocycles. The zero-order valence-corrected chi connectivity index (χ0v) is 12.7. The lowest BCUT2D eigenvalue weighted by atomic mass is 10.1. The van der Waals surface area contributed by atoms with E-state index in [-0.39, 0.29) is 6.61 Å². The predicted molar refractivity (Wildman–Crippen MR) is 79.5 cm³/mol. The number of nitrogens with zero attached hydrogens (tertiary/aromatic N) is 1. The van der Waals surface area contributed by atoms with E-state index < -0.39 is 5.82 Å². The fraction of sp³-hybridized carbons (Fsp3) is 0.133. The van der Waals surface area contributed by atoms with Gasteiger partial charge in [0.15, 0.2) is 0 Å². The van der Waals surface area contributed by atoms with Gasteiger partial charge in [-0.05, 0) is 30.3 Å². The Morgan fingerprint density at radius 3 is 2.80 bits per heavy atom. The largest absolute Gasteiger partial charge is 0.488 e. The van der Waals surface area contributed by atoms with Crippen LogP contribution in [0.25, 0.3) is 0 Å². The minimum Gasteiger partial charge on any atom is -0.488 e. The van der Waals surface area contributed by atoms with Crippen LogP contribution >= 0.6 is 27.5 Å². The van der Waals surface area contributed by atoms with Crippen LogP contribution in [0.5, 0.6) is 5.75 Å². The second-order valence-corrected chi connectivity index (χ2v) is 5.02. The molecule has 0 amide bonds. The van der Waals surface area contributed by atoms with E-state index in [1.54, 1.807) is 18.2 Å². The van der Waals surface area contributed by atoms with Gasteiger partial charge in [-0.15, -0.1) is 0 Å². The van der Waals surface area contributed by atoms with Crippen molar-refractivity contribution in [1.29, 1.82) is 5.26 Å². The lowest BCUT2D eigenvalue weighted by molar-refractivity contribution is 0.297. The zero-order valence-electron chi connectivity index (χ0n) is 10.4. The van der Waals surface area contributed by atoms with Crippen molar-refractivity contribution in [2.45, 2.75) is 11.9 Å². The molecule has 102 valence electrons. The number of nitriles is 1. The summed E-state index contributed by atoms with van der Waals surface area (Å²) in [6.07, 6.45) is 0. The van der Waals surface area contributed by atoms with Gasteiger partial charge in [0, 0.05) is 21.5 Å². The van der Waals surface area contributed by atoms with Crippen LogP contribution in [0.1, 0.15) is 16.7 Å². The third-order valence-electron chi connectivity index (χ3n) is 2.77. The van der Waals surface area contributed by atoms with Gasteiger partial charge in [-0.2, -0.15) is 5.26 Å². The maximum Gasteiger partial charge on any atom is 0.129 e. The molecule has 0 bridgehead atoms. The van der Waals surface area contributed by atoms with Gasteiger partial charge in [-0.25, -0.2) is 4.39 Å². The number of rotatable bonds is 4. The lowest BCUT2D eigenvalue weighted by Gasteiger charge is -2.12. The zero-order chi connectivity index (χ0) is 14.5. The van der Waals surface area contributed by atoms with Crippen molar-refractivity contribution >= 4 is 27.5 Å². The van der Waals surface area contributed by atoms with E-state index in [0.717, 1.165) is 5.56 Å². The first-order chi connectivity index (χ1) is 9.65. The van der Waals surface area contributed by atoms with E-state index in [2.05, 4.69) is 15.9 Å². The smallest absolute Gasteiger partial charge is 0.129 e. The molecule has 0 fully saturated rings. The highest BCUT2D eigenvalue weighted by Crippen LogP contribution is 2.29. The Bertz CT molecular complexity index is 667. The molecule has 0 aliphatic carbocycles. The van der Waals surface area contributed by atoms with Crippen LogP contribution in [-0.4, -0.2) is 0 Å². The van der Waals surface area contributed by atoms with Gasteiger partial charge in [-0.1, -0.05) is 33.6 Å². The van der Waals surface area contributed by atoms with E-state index in [9.17, 15) is 4.39 Å². The second kappa shape index (κ2) is 6.74. The minimum absolute atomic E-state index is 0.0433. The van der Waals surface area contributed by atoms with E-state index in [1.807, 2.05) is 6.07 Å². The van der Waals surface area contributed by atoms with Crippen LogP contribution in [0.4, 0.5) is 4.39 Å². The van der Waals surface area contributed by atoms with E-state index in [4.69, 9.17) is 21.6 Å². The number of halogens is 3. The quantitative estimate of drug-likeness (QED) is 0.737. The normalized spacial score (nSPS) is 10.1. The highest BCUT2D eigenvalue weighted by molar-refractivity contribution is 9.08. The number of hydrogen-bond acceptors (Lipinski definition) is 2. The molecule has 2 aromatic rings. The highest BCUT2D eigenvalue weighted by Gasteiger charge is 2.09. The molecule has 0 saturated carbocycles. The molecular formula is C15H10BrClFNO. The summed E-state index contributed by atoms with van der Waals surface area (Å²) in [6, 6.07) is 11.5. The third-order valence-corrected chi connectivity index (χ3v) is 3.68. The van der Waals surface area contributed by atoms with Crippen LogP contribution in [0.3, 0.4) is 0 Å². The van der Waals surface area contributed by atoms with Crippen molar-refractivity contribution in [1.82, 2.24) is 0 Å². The van der Waals surface area contributed by atoms with Crippen molar-refractivity contribution in [2.24, 2.45) is 0 Å². The molecule has 2 rings (SSSR count). The van der Waals surface area contributed by atoms with Crippen LogP contribution in [0.15, 0.2) is 36.4 Å². The Labute approximate surface area is 129 Å². The van der Waals surface area contributed by atoms with Crippen LogP contribution < -0.4 is 4.74 Å². The Balaban J connectivity index is 2.21. The summed E-state index contributed by atoms with van der Waals surface area (Å²) in [7, 11) is 0. The molecule has 0 heterocycles. The number of alkyl halides is 1. The average Bonchev–Trinajstić information content (AvgIpc) is 2.46. The minimum atomic E-state index is -0.397. The number of ether oxygens (including phenoxy) is 1. The molecule has 0 aromatic heterocycles. The molecule has 0 saturated heterocycles. The topological polar surface area (TPSA) is 33.0 Å². The molecule has 0 spiro atoms. The average molecular weight is 355 g/mol. The van der Waals surface area contributed by atoms with Crippen molar-refractivity contribution in [3.05, 3.63) is 63.9 Å². The van der Waals surface area contributed by atoms with Crippen LogP contribution in [0, 0.1) is 17.1 Å². The number of benzene rings is 2. The van der Waals surface area contributed by atoms with Crippen molar-refractivity contribution in [2.75, 3.05) is 0 Å². The standard InChI is InChI=1S/C15H10BrClFNO/c16-7-12-13(17)2-1-3-15(12)20-9-11-6-10(8-19)4-5-14(11)18/h1-6H,7,9H2. The summed E-state index contributed by atoms with van der Waals surface area (Å²) in [4.78, 5) is 0. The Morgan fingerprint density at radius 1 is 1.30 bits per heavy atom. The summed E-state index contributed by atoms with van der Waals surface area (Å²) in [5.41, 5.74) is 1.55. The monoisotopic (exact) mass is 353 g/mol.